The van der Waals surface area contributed by atoms with Crippen molar-refractivity contribution < 1.29 is 4.92 Å². The van der Waals surface area contributed by atoms with Crippen LogP contribution in [-0.4, -0.2) is 29.0 Å². The van der Waals surface area contributed by atoms with E-state index in [0.29, 0.717) is 0 Å². The standard InChI is InChI=1S/C10H11N3S.3HI.V/c1-7(13(2)3)10-12-8-4-5-11-6-9(8)14-10;;;;/h4-6H,1H2,2-3H3;3*1H;/q;;;;+3/p-3. The van der Waals surface area contributed by atoms with Gasteiger partial charge in [-0.2, -0.15) is 0 Å². The monoisotopic (exact) mass is 637 g/mol. The molecule has 0 aromatic carbocycles. The summed E-state index contributed by atoms with van der Waals surface area (Å²) >= 11 is 9.01. The summed E-state index contributed by atoms with van der Waals surface area (Å²) in [6, 6.07) is 1.91. The molecule has 0 spiro atoms. The average molecular weight is 637 g/mol. The van der Waals surface area contributed by atoms with Crippen LogP contribution < -0.4 is 0 Å². The van der Waals surface area contributed by atoms with Gasteiger partial charge in [-0.25, -0.2) is 4.98 Å². The van der Waals surface area contributed by atoms with Crippen molar-refractivity contribution in [3.8, 4) is 0 Å². The predicted molar refractivity (Wildman–Crippen MR) is 102 cm³/mol. The Hall–Kier alpha value is 1.35. The molecule has 98 valence electrons. The van der Waals surface area contributed by atoms with Gasteiger partial charge in [-0.15, -0.1) is 11.3 Å². The minimum atomic E-state index is -0.278. The Bertz CT molecular complexity index is 494. The fraction of sp³-hybridized carbons (Fsp3) is 0.200. The molecule has 0 amide bonds. The number of halogens is 3. The van der Waals surface area contributed by atoms with Crippen molar-refractivity contribution in [1.29, 1.82) is 0 Å². The number of hydrogen-bond acceptors (Lipinski definition) is 4. The molecule has 0 saturated carbocycles. The Morgan fingerprint density at radius 1 is 1.39 bits per heavy atom. The van der Waals surface area contributed by atoms with E-state index in [0.717, 1.165) is 20.9 Å². The second kappa shape index (κ2) is 8.60. The summed E-state index contributed by atoms with van der Waals surface area (Å²) in [5, 5.41) is 0.956. The molecule has 0 atom stereocenters. The van der Waals surface area contributed by atoms with Gasteiger partial charge in [0, 0.05) is 26.5 Å². The van der Waals surface area contributed by atoms with Crippen LogP contribution in [0.4, 0.5) is 0 Å². The third-order valence-electron chi connectivity index (χ3n) is 1.98. The van der Waals surface area contributed by atoms with E-state index in [9.17, 15) is 0 Å². The zero-order valence-electron chi connectivity index (χ0n) is 9.77. The van der Waals surface area contributed by atoms with E-state index in [4.69, 9.17) is 0 Å². The summed E-state index contributed by atoms with van der Waals surface area (Å²) in [7, 11) is 3.93. The zero-order valence-corrected chi connectivity index (χ0v) is 18.5. The van der Waals surface area contributed by atoms with Crippen molar-refractivity contribution in [1.82, 2.24) is 14.9 Å². The molecule has 8 heteroatoms. The summed E-state index contributed by atoms with van der Waals surface area (Å²) in [5.74, 6) is 0. The number of thiazole rings is 1. The Balaban J connectivity index is 0.000000357. The van der Waals surface area contributed by atoms with Gasteiger partial charge in [-0.1, -0.05) is 6.58 Å². The molecule has 0 N–H and O–H groups in total. The quantitative estimate of drug-likeness (QED) is 0.441. The number of rotatable bonds is 2. The fourth-order valence-electron chi connectivity index (χ4n) is 1.09. The van der Waals surface area contributed by atoms with Crippen LogP contribution in [0.2, 0.25) is 0 Å². The second-order valence-electron chi connectivity index (χ2n) is 3.40. The number of nitrogens with zero attached hydrogens (tertiary/aromatic N) is 3. The van der Waals surface area contributed by atoms with Crippen LogP contribution in [0.3, 0.4) is 0 Å². The predicted octanol–water partition coefficient (Wildman–Crippen LogP) is 4.88. The van der Waals surface area contributed by atoms with Gasteiger partial charge in [0.2, 0.25) is 0 Å². The first kappa shape index (κ1) is 17.4. The summed E-state index contributed by atoms with van der Waals surface area (Å²) in [5.41, 5.74) is 1.93. The van der Waals surface area contributed by atoms with Gasteiger partial charge in [0.15, 0.2) is 0 Å². The van der Waals surface area contributed by atoms with Gasteiger partial charge in [-0.05, 0) is 6.07 Å². The molecule has 2 heterocycles. The third-order valence-corrected chi connectivity index (χ3v) is 3.03. The van der Waals surface area contributed by atoms with Crippen LogP contribution in [0.25, 0.3) is 15.9 Å². The summed E-state index contributed by atoms with van der Waals surface area (Å²) in [4.78, 5) is 10.2. The topological polar surface area (TPSA) is 29.0 Å². The van der Waals surface area contributed by atoms with Crippen LogP contribution >= 0.6 is 71.3 Å². The van der Waals surface area contributed by atoms with E-state index < -0.39 is 0 Å². The molecule has 18 heavy (non-hydrogen) atoms. The van der Waals surface area contributed by atoms with Gasteiger partial charge in [0.25, 0.3) is 0 Å². The second-order valence-corrected chi connectivity index (χ2v) is 39.8. The molecule has 0 aliphatic rings. The van der Waals surface area contributed by atoms with Crippen LogP contribution in [0.5, 0.6) is 0 Å². The van der Waals surface area contributed by atoms with Crippen molar-refractivity contribution in [3.05, 3.63) is 30.0 Å². The van der Waals surface area contributed by atoms with Crippen molar-refractivity contribution >= 4 is 87.2 Å². The first-order chi connectivity index (χ1) is 8.41. The summed E-state index contributed by atoms with van der Waals surface area (Å²) < 4.78 is 1.10. The Morgan fingerprint density at radius 2 is 2.00 bits per heavy atom. The Labute approximate surface area is 149 Å². The normalized spacial score (nSPS) is 10.1. The van der Waals surface area contributed by atoms with Gasteiger partial charge in [0.1, 0.15) is 5.01 Å². The van der Waals surface area contributed by atoms with Crippen LogP contribution in [0.1, 0.15) is 5.01 Å². The van der Waals surface area contributed by atoms with E-state index in [2.05, 4.69) is 76.5 Å². The van der Waals surface area contributed by atoms with Crippen molar-refractivity contribution in [2.24, 2.45) is 0 Å². The van der Waals surface area contributed by atoms with Crippen LogP contribution in [-0.2, 0) is 4.92 Å². The maximum atomic E-state index is 4.47. The van der Waals surface area contributed by atoms with Gasteiger partial charge in [0.05, 0.1) is 15.9 Å². The van der Waals surface area contributed by atoms with E-state index in [1.807, 2.05) is 31.3 Å². The number of pyridine rings is 1. The first-order valence-corrected chi connectivity index (χ1v) is 19.1. The molecule has 0 saturated heterocycles. The van der Waals surface area contributed by atoms with E-state index >= 15 is 0 Å². The number of fused-ring (bicyclic) bond motifs is 1. The van der Waals surface area contributed by atoms with E-state index in [1.165, 1.54) is 0 Å². The summed E-state index contributed by atoms with van der Waals surface area (Å²) in [6.07, 6.45) is 3.59. The Morgan fingerprint density at radius 3 is 2.50 bits per heavy atom. The summed E-state index contributed by atoms with van der Waals surface area (Å²) in [6.45, 7) is 3.97. The molecule has 2 rings (SSSR count). The van der Waals surface area contributed by atoms with Gasteiger partial charge < -0.3 is 4.90 Å². The van der Waals surface area contributed by atoms with Crippen molar-refractivity contribution in [3.63, 3.8) is 0 Å². The fourth-order valence-corrected chi connectivity index (χ4v) is 2.08. The zero-order chi connectivity index (χ0) is 13.7. The van der Waals surface area contributed by atoms with Crippen molar-refractivity contribution in [2.75, 3.05) is 14.1 Å². The SMILES string of the molecule is C=C(c1nc2ccncc2s1)N(C)C.[I][V]([I])[I]. The molecule has 0 aliphatic carbocycles. The molecule has 0 aliphatic heterocycles. The number of hydrogen-bond donors (Lipinski definition) is 0. The average Bonchev–Trinajstić information content (AvgIpc) is 2.70. The molecule has 2 aromatic rings. The first-order valence-electron chi connectivity index (χ1n) is 4.76. The van der Waals surface area contributed by atoms with E-state index in [1.54, 1.807) is 17.5 Å². The maximum absolute atomic E-state index is 4.47. The molecule has 0 unspecified atom stereocenters. The van der Waals surface area contributed by atoms with E-state index in [-0.39, 0.29) is 4.92 Å². The van der Waals surface area contributed by atoms with Crippen molar-refractivity contribution in [2.45, 2.75) is 0 Å². The molecule has 0 radical (unpaired) electrons. The third kappa shape index (κ3) is 5.77. The van der Waals surface area contributed by atoms with Crippen LogP contribution in [0.15, 0.2) is 25.0 Å². The molecule has 0 fully saturated rings. The van der Waals surface area contributed by atoms with Crippen LogP contribution in [0, 0.1) is 0 Å². The molecule has 3 nitrogen and oxygen atoms in total. The molecule has 2 aromatic heterocycles. The van der Waals surface area contributed by atoms with Gasteiger partial charge in [-0.3, -0.25) is 4.98 Å². The molecular formula is C10H11I3N3SV. The van der Waals surface area contributed by atoms with Gasteiger partial charge >= 0.3 is 64.9 Å². The Kier molecular flexibility index (Phi) is 8.32. The number of aromatic nitrogens is 2. The minimum absolute atomic E-state index is 0.278. The molecular weight excluding hydrogens is 626 g/mol. The molecule has 0 bridgehead atoms.